The third-order valence-electron chi connectivity index (χ3n) is 3.27. The van der Waals surface area contributed by atoms with Gasteiger partial charge in [-0.3, -0.25) is 4.90 Å². The molecular formula is C9H18N2. The number of rotatable bonds is 1. The van der Waals surface area contributed by atoms with E-state index in [1.165, 1.54) is 19.4 Å². The molecule has 0 unspecified atom stereocenters. The second-order valence-electron chi connectivity index (χ2n) is 4.49. The van der Waals surface area contributed by atoms with Gasteiger partial charge in [0.15, 0.2) is 0 Å². The van der Waals surface area contributed by atoms with E-state index < -0.39 is 0 Å². The van der Waals surface area contributed by atoms with Crippen molar-refractivity contribution in [1.29, 1.82) is 0 Å². The molecule has 2 heteroatoms. The molecular weight excluding hydrogens is 136 g/mol. The van der Waals surface area contributed by atoms with Gasteiger partial charge in [-0.2, -0.15) is 0 Å². The summed E-state index contributed by atoms with van der Waals surface area (Å²) < 4.78 is 0. The van der Waals surface area contributed by atoms with E-state index in [-0.39, 0.29) is 5.54 Å². The lowest BCUT2D eigenvalue weighted by Gasteiger charge is -2.33. The van der Waals surface area contributed by atoms with E-state index in [2.05, 4.69) is 18.7 Å². The Labute approximate surface area is 68.7 Å². The van der Waals surface area contributed by atoms with Gasteiger partial charge in [0, 0.05) is 18.1 Å². The maximum absolute atomic E-state index is 6.14. The SMILES string of the molecule is CC(C)N1CC[C@H]2C[C@@]2(N)C1. The van der Waals surface area contributed by atoms with Crippen LogP contribution < -0.4 is 5.73 Å². The van der Waals surface area contributed by atoms with Crippen LogP contribution in [-0.2, 0) is 0 Å². The summed E-state index contributed by atoms with van der Waals surface area (Å²) in [5, 5.41) is 0. The van der Waals surface area contributed by atoms with Crippen molar-refractivity contribution < 1.29 is 0 Å². The summed E-state index contributed by atoms with van der Waals surface area (Å²) in [6, 6.07) is 0.678. The normalized spacial score (nSPS) is 44.2. The van der Waals surface area contributed by atoms with E-state index in [1.807, 2.05) is 0 Å². The number of piperidine rings is 1. The van der Waals surface area contributed by atoms with Crippen LogP contribution in [-0.4, -0.2) is 29.6 Å². The van der Waals surface area contributed by atoms with Crippen LogP contribution in [0.3, 0.4) is 0 Å². The quantitative estimate of drug-likeness (QED) is 0.606. The molecule has 2 atom stereocenters. The summed E-state index contributed by atoms with van der Waals surface area (Å²) in [7, 11) is 0. The van der Waals surface area contributed by atoms with Crippen LogP contribution in [0.2, 0.25) is 0 Å². The molecule has 2 N–H and O–H groups in total. The number of hydrogen-bond acceptors (Lipinski definition) is 2. The van der Waals surface area contributed by atoms with E-state index in [4.69, 9.17) is 5.73 Å². The highest BCUT2D eigenvalue weighted by Crippen LogP contribution is 2.47. The van der Waals surface area contributed by atoms with Gasteiger partial charge < -0.3 is 5.73 Å². The van der Waals surface area contributed by atoms with Crippen molar-refractivity contribution in [2.45, 2.75) is 38.3 Å². The average Bonchev–Trinajstić information content (AvgIpc) is 2.58. The summed E-state index contributed by atoms with van der Waals surface area (Å²) in [6.45, 7) is 6.91. The van der Waals surface area contributed by atoms with E-state index in [1.54, 1.807) is 0 Å². The highest BCUT2D eigenvalue weighted by atomic mass is 15.2. The second-order valence-corrected chi connectivity index (χ2v) is 4.49. The van der Waals surface area contributed by atoms with Crippen molar-refractivity contribution >= 4 is 0 Å². The van der Waals surface area contributed by atoms with Crippen LogP contribution in [0, 0.1) is 5.92 Å². The average molecular weight is 154 g/mol. The predicted molar refractivity (Wildman–Crippen MR) is 46.4 cm³/mol. The maximum Gasteiger partial charge on any atom is 0.0316 e. The largest absolute Gasteiger partial charge is 0.324 e. The minimum atomic E-state index is 0.225. The lowest BCUT2D eigenvalue weighted by molar-refractivity contribution is 0.164. The molecule has 1 saturated carbocycles. The van der Waals surface area contributed by atoms with Crippen molar-refractivity contribution in [3.8, 4) is 0 Å². The first-order valence-electron chi connectivity index (χ1n) is 4.65. The van der Waals surface area contributed by atoms with Gasteiger partial charge in [0.05, 0.1) is 0 Å². The Bertz CT molecular complexity index is 167. The van der Waals surface area contributed by atoms with Gasteiger partial charge in [-0.05, 0) is 39.2 Å². The van der Waals surface area contributed by atoms with E-state index in [9.17, 15) is 0 Å². The Morgan fingerprint density at radius 1 is 1.55 bits per heavy atom. The Balaban J connectivity index is 1.97. The van der Waals surface area contributed by atoms with Crippen molar-refractivity contribution in [2.24, 2.45) is 11.7 Å². The topological polar surface area (TPSA) is 29.3 Å². The fourth-order valence-electron chi connectivity index (χ4n) is 2.20. The van der Waals surface area contributed by atoms with Gasteiger partial charge in [-0.25, -0.2) is 0 Å². The lowest BCUT2D eigenvalue weighted by Crippen LogP contribution is -2.48. The fourth-order valence-corrected chi connectivity index (χ4v) is 2.20. The minimum Gasteiger partial charge on any atom is -0.324 e. The Morgan fingerprint density at radius 3 is 2.82 bits per heavy atom. The van der Waals surface area contributed by atoms with Crippen molar-refractivity contribution in [3.63, 3.8) is 0 Å². The maximum atomic E-state index is 6.14. The standard InChI is InChI=1S/C9H18N2/c1-7(2)11-4-3-8-5-9(8,10)6-11/h7-8H,3-6,10H2,1-2H3/t8-,9+/m0/s1. The molecule has 0 amide bonds. The Hall–Kier alpha value is -0.0800. The van der Waals surface area contributed by atoms with Crippen molar-refractivity contribution in [1.82, 2.24) is 4.90 Å². The highest BCUT2D eigenvalue weighted by Gasteiger charge is 2.53. The molecule has 0 aromatic rings. The number of fused-ring (bicyclic) bond motifs is 1. The zero-order chi connectivity index (χ0) is 8.06. The van der Waals surface area contributed by atoms with E-state index in [0.717, 1.165) is 12.5 Å². The van der Waals surface area contributed by atoms with Gasteiger partial charge in [0.2, 0.25) is 0 Å². The van der Waals surface area contributed by atoms with Crippen LogP contribution in [0.15, 0.2) is 0 Å². The summed E-state index contributed by atoms with van der Waals surface area (Å²) in [4.78, 5) is 2.50. The highest BCUT2D eigenvalue weighted by molar-refractivity contribution is 5.12. The molecule has 1 aliphatic heterocycles. The second kappa shape index (κ2) is 2.20. The first-order valence-corrected chi connectivity index (χ1v) is 4.65. The minimum absolute atomic E-state index is 0.225. The summed E-state index contributed by atoms with van der Waals surface area (Å²) in [5.74, 6) is 0.859. The number of nitrogens with zero attached hydrogens (tertiary/aromatic N) is 1. The zero-order valence-corrected chi connectivity index (χ0v) is 7.51. The van der Waals surface area contributed by atoms with E-state index >= 15 is 0 Å². The molecule has 2 fully saturated rings. The molecule has 1 heterocycles. The first kappa shape index (κ1) is 7.56. The zero-order valence-electron chi connectivity index (χ0n) is 7.51. The van der Waals surface area contributed by atoms with Crippen molar-refractivity contribution in [2.75, 3.05) is 13.1 Å². The van der Waals surface area contributed by atoms with Gasteiger partial charge in [0.25, 0.3) is 0 Å². The van der Waals surface area contributed by atoms with E-state index in [0.29, 0.717) is 6.04 Å². The monoisotopic (exact) mass is 154 g/mol. The summed E-state index contributed by atoms with van der Waals surface area (Å²) in [6.07, 6.45) is 2.60. The molecule has 0 radical (unpaired) electrons. The molecule has 2 nitrogen and oxygen atoms in total. The molecule has 1 aliphatic carbocycles. The van der Waals surface area contributed by atoms with Crippen LogP contribution in [0.5, 0.6) is 0 Å². The molecule has 11 heavy (non-hydrogen) atoms. The smallest absolute Gasteiger partial charge is 0.0316 e. The molecule has 2 rings (SSSR count). The molecule has 0 aromatic heterocycles. The summed E-state index contributed by atoms with van der Waals surface area (Å²) >= 11 is 0. The first-order chi connectivity index (χ1) is 5.12. The lowest BCUT2D eigenvalue weighted by atomic mass is 10.1. The molecule has 0 spiro atoms. The number of nitrogens with two attached hydrogens (primary N) is 1. The van der Waals surface area contributed by atoms with Gasteiger partial charge in [-0.1, -0.05) is 0 Å². The van der Waals surface area contributed by atoms with Crippen LogP contribution in [0.4, 0.5) is 0 Å². The van der Waals surface area contributed by atoms with Gasteiger partial charge in [-0.15, -0.1) is 0 Å². The molecule has 1 saturated heterocycles. The fraction of sp³-hybridized carbons (Fsp3) is 1.00. The van der Waals surface area contributed by atoms with Crippen LogP contribution >= 0.6 is 0 Å². The third-order valence-corrected chi connectivity index (χ3v) is 3.27. The van der Waals surface area contributed by atoms with Crippen LogP contribution in [0.25, 0.3) is 0 Å². The predicted octanol–water partition coefficient (Wildman–Crippen LogP) is 0.818. The van der Waals surface area contributed by atoms with Gasteiger partial charge in [0.1, 0.15) is 0 Å². The number of hydrogen-bond donors (Lipinski definition) is 1. The van der Waals surface area contributed by atoms with Crippen LogP contribution in [0.1, 0.15) is 26.7 Å². The Kier molecular flexibility index (Phi) is 1.52. The molecule has 64 valence electrons. The third kappa shape index (κ3) is 1.18. The summed E-state index contributed by atoms with van der Waals surface area (Å²) in [5.41, 5.74) is 6.36. The Morgan fingerprint density at radius 2 is 2.27 bits per heavy atom. The van der Waals surface area contributed by atoms with Crippen molar-refractivity contribution in [3.05, 3.63) is 0 Å². The molecule has 2 aliphatic rings. The number of likely N-dealkylation sites (tertiary alicyclic amines) is 1. The molecule has 0 bridgehead atoms. The molecule has 0 aromatic carbocycles. The van der Waals surface area contributed by atoms with Gasteiger partial charge >= 0.3 is 0 Å².